The van der Waals surface area contributed by atoms with Crippen LogP contribution in [0.3, 0.4) is 0 Å². The maximum Gasteiger partial charge on any atom is 0.0240 e. The lowest BCUT2D eigenvalue weighted by atomic mass is 9.86. The molecule has 17 heavy (non-hydrogen) atoms. The van der Waals surface area contributed by atoms with E-state index in [-0.39, 0.29) is 0 Å². The Morgan fingerprint density at radius 3 is 2.06 bits per heavy atom. The molecule has 0 amide bonds. The lowest BCUT2D eigenvalue weighted by Crippen LogP contribution is -2.49. The second-order valence-corrected chi connectivity index (χ2v) is 6.50. The zero-order valence-electron chi connectivity index (χ0n) is 13.1. The zero-order chi connectivity index (χ0) is 13.5. The molecule has 0 aromatic carbocycles. The highest BCUT2D eigenvalue weighted by Crippen LogP contribution is 2.20. The summed E-state index contributed by atoms with van der Waals surface area (Å²) in [6.45, 7) is 16.2. The Kier molecular flexibility index (Phi) is 8.06. The van der Waals surface area contributed by atoms with Crippen LogP contribution in [0.25, 0.3) is 0 Å². The van der Waals surface area contributed by atoms with Crippen molar-refractivity contribution in [2.24, 2.45) is 5.41 Å². The van der Waals surface area contributed by atoms with Gasteiger partial charge in [0, 0.05) is 18.6 Å². The molecule has 1 N–H and O–H groups in total. The van der Waals surface area contributed by atoms with Crippen LogP contribution in [0.15, 0.2) is 0 Å². The van der Waals surface area contributed by atoms with E-state index < -0.39 is 0 Å². The summed E-state index contributed by atoms with van der Waals surface area (Å²) in [6, 6.07) is 1.21. The summed E-state index contributed by atoms with van der Waals surface area (Å²) in [5.74, 6) is 0. The second-order valence-electron chi connectivity index (χ2n) is 6.50. The fourth-order valence-electron chi connectivity index (χ4n) is 2.16. The van der Waals surface area contributed by atoms with Gasteiger partial charge in [0.2, 0.25) is 0 Å². The van der Waals surface area contributed by atoms with Crippen molar-refractivity contribution in [1.29, 1.82) is 0 Å². The van der Waals surface area contributed by atoms with Crippen molar-refractivity contribution in [2.75, 3.05) is 20.1 Å². The van der Waals surface area contributed by atoms with E-state index in [9.17, 15) is 0 Å². The van der Waals surface area contributed by atoms with E-state index in [1.54, 1.807) is 0 Å². The molecule has 1 unspecified atom stereocenters. The molecule has 0 aliphatic heterocycles. The van der Waals surface area contributed by atoms with Crippen molar-refractivity contribution in [2.45, 2.75) is 72.9 Å². The average Bonchev–Trinajstić information content (AvgIpc) is 2.20. The number of hydrogen-bond acceptors (Lipinski definition) is 2. The van der Waals surface area contributed by atoms with Gasteiger partial charge in [-0.15, -0.1) is 0 Å². The number of hydrogen-bond donors (Lipinski definition) is 1. The molecule has 1 atom stereocenters. The second kappa shape index (κ2) is 8.10. The predicted molar refractivity (Wildman–Crippen MR) is 78.5 cm³/mol. The highest BCUT2D eigenvalue weighted by atomic mass is 15.2. The molecule has 0 fully saturated rings. The molecule has 0 aromatic rings. The fraction of sp³-hybridized carbons (Fsp3) is 1.00. The summed E-state index contributed by atoms with van der Waals surface area (Å²) < 4.78 is 0. The highest BCUT2D eigenvalue weighted by molar-refractivity contribution is 4.83. The Labute approximate surface area is 109 Å². The Balaban J connectivity index is 4.31. The van der Waals surface area contributed by atoms with Crippen LogP contribution in [-0.4, -0.2) is 37.1 Å². The van der Waals surface area contributed by atoms with E-state index in [0.717, 1.165) is 6.54 Å². The number of likely N-dealkylation sites (N-methyl/N-ethyl adjacent to an activating group) is 1. The Bertz CT molecular complexity index is 182. The van der Waals surface area contributed by atoms with Crippen LogP contribution in [0.5, 0.6) is 0 Å². The molecule has 2 nitrogen and oxygen atoms in total. The number of nitrogens with zero attached hydrogens (tertiary/aromatic N) is 1. The van der Waals surface area contributed by atoms with E-state index in [1.807, 2.05) is 0 Å². The van der Waals surface area contributed by atoms with Gasteiger partial charge in [-0.25, -0.2) is 0 Å². The van der Waals surface area contributed by atoms with Gasteiger partial charge in [0.25, 0.3) is 0 Å². The third-order valence-electron chi connectivity index (χ3n) is 3.59. The van der Waals surface area contributed by atoms with Gasteiger partial charge in [-0.1, -0.05) is 40.5 Å². The van der Waals surface area contributed by atoms with Crippen molar-refractivity contribution < 1.29 is 0 Å². The summed E-state index contributed by atoms with van der Waals surface area (Å²) in [5.41, 5.74) is 0.326. The topological polar surface area (TPSA) is 15.3 Å². The predicted octanol–water partition coefficient (Wildman–Crippen LogP) is 3.52. The minimum atomic E-state index is 0.326. The molecule has 0 saturated heterocycles. The maximum absolute atomic E-state index is 3.48. The van der Waals surface area contributed by atoms with E-state index in [2.05, 4.69) is 58.8 Å². The van der Waals surface area contributed by atoms with Crippen molar-refractivity contribution in [3.05, 3.63) is 0 Å². The fourth-order valence-corrected chi connectivity index (χ4v) is 2.16. The van der Waals surface area contributed by atoms with Crippen molar-refractivity contribution in [3.8, 4) is 0 Å². The molecule has 0 aliphatic rings. The smallest absolute Gasteiger partial charge is 0.0240 e. The van der Waals surface area contributed by atoms with Gasteiger partial charge in [-0.05, 0) is 39.3 Å². The molecule has 104 valence electrons. The van der Waals surface area contributed by atoms with Gasteiger partial charge in [-0.3, -0.25) is 4.90 Å². The summed E-state index contributed by atoms with van der Waals surface area (Å²) in [4.78, 5) is 2.61. The lowest BCUT2D eigenvalue weighted by Gasteiger charge is -2.37. The van der Waals surface area contributed by atoms with Crippen LogP contribution in [0.4, 0.5) is 0 Å². The van der Waals surface area contributed by atoms with E-state index in [1.165, 1.54) is 25.8 Å². The Morgan fingerprint density at radius 2 is 1.71 bits per heavy atom. The summed E-state index contributed by atoms with van der Waals surface area (Å²) in [7, 11) is 2.08. The first-order chi connectivity index (χ1) is 7.82. The van der Waals surface area contributed by atoms with Gasteiger partial charge < -0.3 is 5.32 Å². The number of rotatable bonds is 8. The van der Waals surface area contributed by atoms with Crippen molar-refractivity contribution in [3.63, 3.8) is 0 Å². The zero-order valence-corrected chi connectivity index (χ0v) is 13.1. The van der Waals surface area contributed by atoms with Crippen molar-refractivity contribution in [1.82, 2.24) is 10.2 Å². The van der Waals surface area contributed by atoms with Gasteiger partial charge >= 0.3 is 0 Å². The normalized spacial score (nSPS) is 14.6. The number of nitrogens with one attached hydrogen (secondary N) is 1. The minimum Gasteiger partial charge on any atom is -0.315 e. The first kappa shape index (κ1) is 16.9. The monoisotopic (exact) mass is 242 g/mol. The van der Waals surface area contributed by atoms with Gasteiger partial charge in [0.1, 0.15) is 0 Å². The summed E-state index contributed by atoms with van der Waals surface area (Å²) in [6.07, 6.45) is 3.98. The van der Waals surface area contributed by atoms with E-state index in [0.29, 0.717) is 17.5 Å². The Morgan fingerprint density at radius 1 is 1.12 bits per heavy atom. The SMILES string of the molecule is CCCCCN(CC(NC)C(C)(C)C)C(C)C. The van der Waals surface area contributed by atoms with Gasteiger partial charge in [-0.2, -0.15) is 0 Å². The van der Waals surface area contributed by atoms with Crippen LogP contribution in [-0.2, 0) is 0 Å². The third kappa shape index (κ3) is 7.05. The first-order valence-electron chi connectivity index (χ1n) is 7.24. The highest BCUT2D eigenvalue weighted by Gasteiger charge is 2.25. The van der Waals surface area contributed by atoms with Crippen molar-refractivity contribution >= 4 is 0 Å². The first-order valence-corrected chi connectivity index (χ1v) is 7.24. The summed E-state index contributed by atoms with van der Waals surface area (Å²) in [5, 5.41) is 3.48. The van der Waals surface area contributed by atoms with Crippen LogP contribution in [0, 0.1) is 5.41 Å². The molecule has 0 saturated carbocycles. The third-order valence-corrected chi connectivity index (χ3v) is 3.59. The molecule has 0 spiro atoms. The molecular weight excluding hydrogens is 208 g/mol. The molecule has 0 aliphatic carbocycles. The molecule has 0 bridgehead atoms. The summed E-state index contributed by atoms with van der Waals surface area (Å²) >= 11 is 0. The molecule has 0 heterocycles. The van der Waals surface area contributed by atoms with E-state index >= 15 is 0 Å². The lowest BCUT2D eigenvalue weighted by molar-refractivity contribution is 0.149. The molecule has 0 aromatic heterocycles. The largest absolute Gasteiger partial charge is 0.315 e. The molecule has 2 heteroatoms. The maximum atomic E-state index is 3.48. The standard InChI is InChI=1S/C15H34N2/c1-8-9-10-11-17(13(2)3)12-14(16-7)15(4,5)6/h13-14,16H,8-12H2,1-7H3. The van der Waals surface area contributed by atoms with E-state index in [4.69, 9.17) is 0 Å². The minimum absolute atomic E-state index is 0.326. The molecule has 0 rings (SSSR count). The van der Waals surface area contributed by atoms with Gasteiger partial charge in [0.15, 0.2) is 0 Å². The Hall–Kier alpha value is -0.0800. The van der Waals surface area contributed by atoms with Crippen LogP contribution < -0.4 is 5.32 Å². The van der Waals surface area contributed by atoms with Gasteiger partial charge in [0.05, 0.1) is 0 Å². The molecule has 0 radical (unpaired) electrons. The quantitative estimate of drug-likeness (QED) is 0.655. The number of unbranched alkanes of at least 4 members (excludes halogenated alkanes) is 2. The van der Waals surface area contributed by atoms with Crippen LogP contribution >= 0.6 is 0 Å². The van der Waals surface area contributed by atoms with Crippen LogP contribution in [0.2, 0.25) is 0 Å². The van der Waals surface area contributed by atoms with Crippen LogP contribution in [0.1, 0.15) is 60.8 Å². The molecular formula is C15H34N2. The average molecular weight is 242 g/mol.